The molecule has 0 aromatic rings. The molecule has 0 bridgehead atoms. The zero-order valence-corrected chi connectivity index (χ0v) is 5.64. The van der Waals surface area contributed by atoms with Crippen molar-refractivity contribution >= 4 is 12.6 Å². The summed E-state index contributed by atoms with van der Waals surface area (Å²) in [4.78, 5) is 0. The summed E-state index contributed by atoms with van der Waals surface area (Å²) >= 11 is 4.13. The first kappa shape index (κ1) is 6.39. The van der Waals surface area contributed by atoms with Gasteiger partial charge in [-0.15, -0.1) is 0 Å². The van der Waals surface area contributed by atoms with Gasteiger partial charge in [0.05, 0.1) is 5.37 Å². The van der Waals surface area contributed by atoms with Crippen LogP contribution in [0.2, 0.25) is 0 Å². The summed E-state index contributed by atoms with van der Waals surface area (Å²) in [5, 5.41) is 10.3. The minimum atomic E-state index is 0.0868. The van der Waals surface area contributed by atoms with Crippen LogP contribution in [0.3, 0.4) is 0 Å². The van der Waals surface area contributed by atoms with Crippen molar-refractivity contribution in [1.29, 1.82) is 0 Å². The molecule has 1 unspecified atom stereocenters. The second-order valence-electron chi connectivity index (χ2n) is 2.14. The first-order valence-corrected chi connectivity index (χ1v) is 3.46. The Bertz CT molecular complexity index is 68.8. The summed E-state index contributed by atoms with van der Waals surface area (Å²) < 4.78 is 0. The highest BCUT2D eigenvalue weighted by molar-refractivity contribution is 7.80. The molecule has 1 fully saturated rings. The summed E-state index contributed by atoms with van der Waals surface area (Å²) in [7, 11) is 0. The number of piperidine rings is 1. The predicted octanol–water partition coefficient (Wildman–Crippen LogP) is 1.12. The minimum Gasteiger partial charge on any atom is -0.313 e. The maximum absolute atomic E-state index is 8.93. The molecule has 1 N–H and O–H groups in total. The average Bonchev–Trinajstić information content (AvgIpc) is 1.77. The molecule has 1 aliphatic heterocycles. The lowest BCUT2D eigenvalue weighted by Gasteiger charge is -2.25. The number of nitrogens with zero attached hydrogens (tertiary/aromatic N) is 1. The van der Waals surface area contributed by atoms with Crippen LogP contribution in [0.25, 0.3) is 0 Å². The fourth-order valence-corrected chi connectivity index (χ4v) is 1.20. The molecule has 48 valence electrons. The van der Waals surface area contributed by atoms with Crippen molar-refractivity contribution in [3.05, 3.63) is 0 Å². The molecule has 0 saturated carbocycles. The Morgan fingerprint density at radius 3 is 2.62 bits per heavy atom. The van der Waals surface area contributed by atoms with E-state index in [0.29, 0.717) is 0 Å². The largest absolute Gasteiger partial charge is 0.313 e. The third-order valence-corrected chi connectivity index (χ3v) is 1.97. The number of hydrogen-bond donors (Lipinski definition) is 2. The van der Waals surface area contributed by atoms with Gasteiger partial charge in [-0.1, -0.05) is 0 Å². The molecule has 0 amide bonds. The molecule has 2 nitrogen and oxygen atoms in total. The maximum atomic E-state index is 8.93. The lowest BCUT2D eigenvalue weighted by atomic mass is 10.2. The molecule has 1 saturated heterocycles. The number of hydrogen-bond acceptors (Lipinski definition) is 3. The van der Waals surface area contributed by atoms with Crippen LogP contribution in [-0.2, 0) is 0 Å². The third-order valence-electron chi connectivity index (χ3n) is 1.44. The van der Waals surface area contributed by atoms with Gasteiger partial charge in [0.25, 0.3) is 0 Å². The zero-order chi connectivity index (χ0) is 5.98. The molecule has 3 heteroatoms. The molecule has 1 heterocycles. The SMILES string of the molecule is ON1CCCCC1S. The van der Waals surface area contributed by atoms with Crippen molar-refractivity contribution in [2.75, 3.05) is 6.54 Å². The van der Waals surface area contributed by atoms with E-state index in [9.17, 15) is 0 Å². The molecule has 1 aliphatic rings. The molecular formula is C5H11NOS. The van der Waals surface area contributed by atoms with E-state index in [4.69, 9.17) is 5.21 Å². The summed E-state index contributed by atoms with van der Waals surface area (Å²) in [6, 6.07) is 0. The van der Waals surface area contributed by atoms with Crippen molar-refractivity contribution in [2.24, 2.45) is 0 Å². The summed E-state index contributed by atoms with van der Waals surface area (Å²) in [6.45, 7) is 0.786. The van der Waals surface area contributed by atoms with E-state index in [2.05, 4.69) is 12.6 Å². The van der Waals surface area contributed by atoms with Crippen molar-refractivity contribution < 1.29 is 5.21 Å². The van der Waals surface area contributed by atoms with Gasteiger partial charge in [0.2, 0.25) is 0 Å². The van der Waals surface area contributed by atoms with Gasteiger partial charge in [-0.25, -0.2) is 0 Å². The lowest BCUT2D eigenvalue weighted by molar-refractivity contribution is -0.114. The Labute approximate surface area is 54.9 Å². The van der Waals surface area contributed by atoms with Crippen LogP contribution in [0.4, 0.5) is 0 Å². The maximum Gasteiger partial charge on any atom is 0.0773 e. The third kappa shape index (κ3) is 1.37. The van der Waals surface area contributed by atoms with E-state index in [1.165, 1.54) is 11.5 Å². The standard InChI is InChI=1S/C5H11NOS/c7-6-4-2-1-3-5(6)8/h5,7-8H,1-4H2. The molecule has 0 aromatic carbocycles. The van der Waals surface area contributed by atoms with Crippen LogP contribution in [0.1, 0.15) is 19.3 Å². The van der Waals surface area contributed by atoms with E-state index in [-0.39, 0.29) is 5.37 Å². The van der Waals surface area contributed by atoms with E-state index in [1.54, 1.807) is 0 Å². The van der Waals surface area contributed by atoms with E-state index in [0.717, 1.165) is 19.4 Å². The molecule has 1 atom stereocenters. The van der Waals surface area contributed by atoms with Crippen LogP contribution in [0.15, 0.2) is 0 Å². The zero-order valence-electron chi connectivity index (χ0n) is 4.75. The van der Waals surface area contributed by atoms with Crippen LogP contribution in [-0.4, -0.2) is 22.2 Å². The molecule has 0 aliphatic carbocycles. The second-order valence-corrected chi connectivity index (χ2v) is 2.74. The van der Waals surface area contributed by atoms with Gasteiger partial charge >= 0.3 is 0 Å². The molecule has 0 radical (unpaired) electrons. The molecule has 0 aromatic heterocycles. The normalized spacial score (nSPS) is 33.0. The molecule has 8 heavy (non-hydrogen) atoms. The van der Waals surface area contributed by atoms with Crippen molar-refractivity contribution in [1.82, 2.24) is 5.06 Å². The number of hydroxylamine groups is 2. The first-order valence-electron chi connectivity index (χ1n) is 2.94. The Hall–Kier alpha value is 0.270. The second kappa shape index (κ2) is 2.71. The highest BCUT2D eigenvalue weighted by Crippen LogP contribution is 2.16. The lowest BCUT2D eigenvalue weighted by Crippen LogP contribution is -2.32. The highest BCUT2D eigenvalue weighted by atomic mass is 32.1. The topological polar surface area (TPSA) is 23.5 Å². The average molecular weight is 133 g/mol. The minimum absolute atomic E-state index is 0.0868. The molecular weight excluding hydrogens is 122 g/mol. The van der Waals surface area contributed by atoms with Gasteiger partial charge in [-0.2, -0.15) is 17.7 Å². The van der Waals surface area contributed by atoms with Crippen molar-refractivity contribution in [3.8, 4) is 0 Å². The Morgan fingerprint density at radius 2 is 2.25 bits per heavy atom. The number of rotatable bonds is 0. The molecule has 1 rings (SSSR count). The van der Waals surface area contributed by atoms with Gasteiger partial charge in [-0.3, -0.25) is 0 Å². The van der Waals surface area contributed by atoms with Gasteiger partial charge in [0.1, 0.15) is 0 Å². The van der Waals surface area contributed by atoms with E-state index < -0.39 is 0 Å². The van der Waals surface area contributed by atoms with Crippen LogP contribution in [0, 0.1) is 0 Å². The van der Waals surface area contributed by atoms with Gasteiger partial charge in [-0.05, 0) is 19.3 Å². The monoisotopic (exact) mass is 133 g/mol. The van der Waals surface area contributed by atoms with Crippen LogP contribution < -0.4 is 0 Å². The Kier molecular flexibility index (Phi) is 2.16. The van der Waals surface area contributed by atoms with Gasteiger partial charge in [0, 0.05) is 6.54 Å². The summed E-state index contributed by atoms with van der Waals surface area (Å²) in [5.74, 6) is 0. The van der Waals surface area contributed by atoms with E-state index >= 15 is 0 Å². The smallest absolute Gasteiger partial charge is 0.0773 e. The first-order chi connectivity index (χ1) is 3.80. The highest BCUT2D eigenvalue weighted by Gasteiger charge is 2.15. The van der Waals surface area contributed by atoms with Crippen LogP contribution in [0.5, 0.6) is 0 Å². The Balaban J connectivity index is 2.28. The van der Waals surface area contributed by atoms with Gasteiger partial charge in [0.15, 0.2) is 0 Å². The van der Waals surface area contributed by atoms with E-state index in [1.807, 2.05) is 0 Å². The fourth-order valence-electron chi connectivity index (χ4n) is 0.899. The quantitative estimate of drug-likeness (QED) is 0.484. The summed E-state index contributed by atoms with van der Waals surface area (Å²) in [5.41, 5.74) is 0. The van der Waals surface area contributed by atoms with Crippen molar-refractivity contribution in [3.63, 3.8) is 0 Å². The number of thiol groups is 1. The fraction of sp³-hybridized carbons (Fsp3) is 1.00. The molecule has 0 spiro atoms. The van der Waals surface area contributed by atoms with Gasteiger partial charge < -0.3 is 5.21 Å². The van der Waals surface area contributed by atoms with Crippen LogP contribution >= 0.6 is 12.6 Å². The predicted molar refractivity (Wildman–Crippen MR) is 35.1 cm³/mol. The Morgan fingerprint density at radius 1 is 1.50 bits per heavy atom. The summed E-state index contributed by atoms with van der Waals surface area (Å²) in [6.07, 6.45) is 3.32. The van der Waals surface area contributed by atoms with Crippen molar-refractivity contribution in [2.45, 2.75) is 24.6 Å².